The van der Waals surface area contributed by atoms with Gasteiger partial charge in [-0.25, -0.2) is 4.98 Å². The molecule has 2 unspecified atom stereocenters. The number of carbonyl (C=O) groups excluding carboxylic acids is 1. The number of imidazole rings is 1. The molecule has 1 aromatic rings. The lowest BCUT2D eigenvalue weighted by Gasteiger charge is -2.27. The Morgan fingerprint density at radius 2 is 2.44 bits per heavy atom. The first-order chi connectivity index (χ1) is 7.58. The number of nitrogens with zero attached hydrogens (tertiary/aromatic N) is 2. The van der Waals surface area contributed by atoms with E-state index in [4.69, 9.17) is 0 Å². The molecule has 1 aliphatic rings. The zero-order valence-corrected chi connectivity index (χ0v) is 10.9. The molecule has 0 radical (unpaired) electrons. The molecule has 0 bridgehead atoms. The minimum Gasteiger partial charge on any atom is -0.338 e. The quantitative estimate of drug-likeness (QED) is 0.810. The van der Waals surface area contributed by atoms with Gasteiger partial charge in [0.15, 0.2) is 5.12 Å². The summed E-state index contributed by atoms with van der Waals surface area (Å²) in [6, 6.07) is 0. The number of rotatable bonds is 3. The molecule has 2 atom stereocenters. The molecule has 2 heterocycles. The van der Waals surface area contributed by atoms with E-state index in [1.54, 1.807) is 0 Å². The Kier molecular flexibility index (Phi) is 3.10. The molecule has 0 aliphatic carbocycles. The summed E-state index contributed by atoms with van der Waals surface area (Å²) in [5.74, 6) is 1.40. The molecule has 1 aliphatic heterocycles. The standard InChI is InChI=1S/C12H18N2OS/c1-4-12(2)9(7-16-11(12)15)5-10-6-13-8-14(10)3/h6,8-9H,4-5,7H2,1-3H3. The van der Waals surface area contributed by atoms with Crippen molar-refractivity contribution in [1.82, 2.24) is 9.55 Å². The molecule has 1 fully saturated rings. The third kappa shape index (κ3) is 1.79. The van der Waals surface area contributed by atoms with E-state index in [1.165, 1.54) is 17.5 Å². The van der Waals surface area contributed by atoms with Gasteiger partial charge in [-0.2, -0.15) is 0 Å². The lowest BCUT2D eigenvalue weighted by atomic mass is 9.75. The number of thioether (sulfide) groups is 1. The third-order valence-electron chi connectivity index (χ3n) is 3.89. The SMILES string of the molecule is CCC1(C)C(=O)SCC1Cc1cncn1C. The normalized spacial score (nSPS) is 29.9. The summed E-state index contributed by atoms with van der Waals surface area (Å²) in [6.45, 7) is 4.22. The Labute approximate surface area is 101 Å². The van der Waals surface area contributed by atoms with Crippen molar-refractivity contribution in [1.29, 1.82) is 0 Å². The largest absolute Gasteiger partial charge is 0.338 e. The van der Waals surface area contributed by atoms with Gasteiger partial charge < -0.3 is 4.57 Å². The van der Waals surface area contributed by atoms with Crippen LogP contribution in [0.25, 0.3) is 0 Å². The average molecular weight is 238 g/mol. The Morgan fingerprint density at radius 1 is 1.69 bits per heavy atom. The van der Waals surface area contributed by atoms with Gasteiger partial charge in [0, 0.05) is 30.1 Å². The van der Waals surface area contributed by atoms with Gasteiger partial charge >= 0.3 is 0 Å². The van der Waals surface area contributed by atoms with Crippen molar-refractivity contribution < 1.29 is 4.79 Å². The van der Waals surface area contributed by atoms with E-state index in [1.807, 2.05) is 24.1 Å². The van der Waals surface area contributed by atoms with Crippen LogP contribution in [0.5, 0.6) is 0 Å². The van der Waals surface area contributed by atoms with E-state index in [9.17, 15) is 4.79 Å². The summed E-state index contributed by atoms with van der Waals surface area (Å²) < 4.78 is 2.05. The van der Waals surface area contributed by atoms with Crippen LogP contribution in [-0.2, 0) is 18.3 Å². The summed E-state index contributed by atoms with van der Waals surface area (Å²) >= 11 is 1.50. The molecule has 0 spiro atoms. The van der Waals surface area contributed by atoms with E-state index < -0.39 is 0 Å². The van der Waals surface area contributed by atoms with Crippen molar-refractivity contribution in [3.05, 3.63) is 18.2 Å². The van der Waals surface area contributed by atoms with Crippen LogP contribution in [0.1, 0.15) is 26.0 Å². The molecular weight excluding hydrogens is 220 g/mol. The fraction of sp³-hybridized carbons (Fsp3) is 0.667. The average Bonchev–Trinajstić information content (AvgIpc) is 2.79. The van der Waals surface area contributed by atoms with Crippen molar-refractivity contribution in [2.75, 3.05) is 5.75 Å². The van der Waals surface area contributed by atoms with Crippen molar-refractivity contribution in [3.63, 3.8) is 0 Å². The molecule has 3 nitrogen and oxygen atoms in total. The van der Waals surface area contributed by atoms with Crippen LogP contribution < -0.4 is 0 Å². The first kappa shape index (κ1) is 11.7. The molecule has 0 amide bonds. The second-order valence-electron chi connectivity index (χ2n) is 4.77. The van der Waals surface area contributed by atoms with Crippen molar-refractivity contribution in [2.24, 2.45) is 18.4 Å². The maximum Gasteiger partial charge on any atom is 0.195 e. The first-order valence-corrected chi connectivity index (χ1v) is 6.69. The highest BCUT2D eigenvalue weighted by atomic mass is 32.2. The van der Waals surface area contributed by atoms with Crippen LogP contribution in [0, 0.1) is 11.3 Å². The van der Waals surface area contributed by atoms with Crippen molar-refractivity contribution in [2.45, 2.75) is 26.7 Å². The number of aryl methyl sites for hydroxylation is 1. The summed E-state index contributed by atoms with van der Waals surface area (Å²) in [7, 11) is 2.01. The maximum absolute atomic E-state index is 11.9. The van der Waals surface area contributed by atoms with Crippen LogP contribution in [-0.4, -0.2) is 20.4 Å². The summed E-state index contributed by atoms with van der Waals surface area (Å²) in [4.78, 5) is 16.0. The van der Waals surface area contributed by atoms with Gasteiger partial charge in [0.25, 0.3) is 0 Å². The van der Waals surface area contributed by atoms with Crippen LogP contribution in [0.3, 0.4) is 0 Å². The van der Waals surface area contributed by atoms with E-state index in [2.05, 4.69) is 18.8 Å². The van der Waals surface area contributed by atoms with E-state index in [0.717, 1.165) is 18.6 Å². The fourth-order valence-electron chi connectivity index (χ4n) is 2.24. The highest BCUT2D eigenvalue weighted by molar-refractivity contribution is 8.14. The van der Waals surface area contributed by atoms with Gasteiger partial charge in [-0.3, -0.25) is 4.79 Å². The molecule has 1 aromatic heterocycles. The summed E-state index contributed by atoms with van der Waals surface area (Å²) in [5, 5.41) is 0.363. The Bertz CT molecular complexity index is 401. The lowest BCUT2D eigenvalue weighted by molar-refractivity contribution is -0.120. The number of carbonyl (C=O) groups is 1. The van der Waals surface area contributed by atoms with Crippen LogP contribution in [0.4, 0.5) is 0 Å². The molecule has 0 aromatic carbocycles. The predicted octanol–water partition coefficient (Wildman–Crippen LogP) is 2.27. The minimum atomic E-state index is -0.144. The van der Waals surface area contributed by atoms with Gasteiger partial charge in [-0.1, -0.05) is 25.6 Å². The van der Waals surface area contributed by atoms with Crippen LogP contribution in [0.15, 0.2) is 12.5 Å². The van der Waals surface area contributed by atoms with E-state index in [-0.39, 0.29) is 5.41 Å². The third-order valence-corrected chi connectivity index (χ3v) is 5.19. The topological polar surface area (TPSA) is 34.9 Å². The predicted molar refractivity (Wildman–Crippen MR) is 66.3 cm³/mol. The molecule has 4 heteroatoms. The Balaban J connectivity index is 2.17. The molecule has 0 saturated carbocycles. The van der Waals surface area contributed by atoms with Gasteiger partial charge in [0.2, 0.25) is 0 Å². The first-order valence-electron chi connectivity index (χ1n) is 5.70. The zero-order chi connectivity index (χ0) is 11.8. The highest BCUT2D eigenvalue weighted by Gasteiger charge is 2.45. The van der Waals surface area contributed by atoms with Crippen LogP contribution >= 0.6 is 11.8 Å². The molecule has 1 saturated heterocycles. The van der Waals surface area contributed by atoms with Crippen LogP contribution in [0.2, 0.25) is 0 Å². The molecule has 0 N–H and O–H groups in total. The Morgan fingerprint density at radius 3 is 3.00 bits per heavy atom. The lowest BCUT2D eigenvalue weighted by Crippen LogP contribution is -2.30. The highest BCUT2D eigenvalue weighted by Crippen LogP contribution is 2.46. The molecule has 16 heavy (non-hydrogen) atoms. The second-order valence-corrected chi connectivity index (χ2v) is 5.76. The monoisotopic (exact) mass is 238 g/mol. The van der Waals surface area contributed by atoms with Crippen molar-refractivity contribution >= 4 is 16.9 Å². The smallest absolute Gasteiger partial charge is 0.195 e. The molecule has 88 valence electrons. The molecule has 2 rings (SSSR count). The van der Waals surface area contributed by atoms with E-state index in [0.29, 0.717) is 11.0 Å². The van der Waals surface area contributed by atoms with Crippen molar-refractivity contribution in [3.8, 4) is 0 Å². The van der Waals surface area contributed by atoms with Gasteiger partial charge in [-0.15, -0.1) is 0 Å². The minimum absolute atomic E-state index is 0.144. The number of hydrogen-bond acceptors (Lipinski definition) is 3. The van der Waals surface area contributed by atoms with Gasteiger partial charge in [0.05, 0.1) is 6.33 Å². The van der Waals surface area contributed by atoms with E-state index >= 15 is 0 Å². The number of aromatic nitrogens is 2. The Hall–Kier alpha value is -0.770. The summed E-state index contributed by atoms with van der Waals surface area (Å²) in [6.07, 6.45) is 5.62. The zero-order valence-electron chi connectivity index (χ0n) is 10.1. The molecular formula is C12H18N2OS. The maximum atomic E-state index is 11.9. The summed E-state index contributed by atoms with van der Waals surface area (Å²) in [5.41, 5.74) is 1.08. The van der Waals surface area contributed by atoms with Gasteiger partial charge in [-0.05, 0) is 18.8 Å². The fourth-order valence-corrected chi connectivity index (χ4v) is 3.72. The van der Waals surface area contributed by atoms with Gasteiger partial charge in [0.1, 0.15) is 0 Å². The second kappa shape index (κ2) is 4.24. The number of hydrogen-bond donors (Lipinski definition) is 0.